The Balaban J connectivity index is 1.47. The van der Waals surface area contributed by atoms with Crippen LogP contribution < -0.4 is 10.1 Å². The summed E-state index contributed by atoms with van der Waals surface area (Å²) in [7, 11) is 0. The van der Waals surface area contributed by atoms with Crippen molar-refractivity contribution in [1.82, 2.24) is 5.32 Å². The van der Waals surface area contributed by atoms with E-state index in [0.29, 0.717) is 0 Å². The Kier molecular flexibility index (Phi) is 2.85. The van der Waals surface area contributed by atoms with E-state index in [9.17, 15) is 0 Å². The van der Waals surface area contributed by atoms with Crippen molar-refractivity contribution in [2.45, 2.75) is 64.1 Å². The highest BCUT2D eigenvalue weighted by Crippen LogP contribution is 2.45. The van der Waals surface area contributed by atoms with Crippen molar-refractivity contribution in [3.05, 3.63) is 29.3 Å². The second-order valence-corrected chi connectivity index (χ2v) is 7.61. The number of hydrogen-bond donors (Lipinski definition) is 1. The molecule has 0 amide bonds. The monoisotopic (exact) mass is 271 g/mol. The Morgan fingerprint density at radius 1 is 1.25 bits per heavy atom. The van der Waals surface area contributed by atoms with Gasteiger partial charge in [0.2, 0.25) is 0 Å². The molecule has 20 heavy (non-hydrogen) atoms. The molecular weight excluding hydrogens is 246 g/mol. The summed E-state index contributed by atoms with van der Waals surface area (Å²) in [5.74, 6) is 3.09. The fourth-order valence-corrected chi connectivity index (χ4v) is 4.55. The number of fused-ring (bicyclic) bond motifs is 3. The maximum atomic E-state index is 6.16. The van der Waals surface area contributed by atoms with Gasteiger partial charge < -0.3 is 10.1 Å². The molecule has 3 unspecified atom stereocenters. The molecule has 1 heterocycles. The lowest BCUT2D eigenvalue weighted by molar-refractivity contribution is 0.137. The fraction of sp³-hybridized carbons (Fsp3) is 0.667. The molecule has 2 saturated carbocycles. The summed E-state index contributed by atoms with van der Waals surface area (Å²) in [6, 6.07) is 7.37. The first-order valence-electron chi connectivity index (χ1n) is 8.14. The fourth-order valence-electron chi connectivity index (χ4n) is 4.55. The first-order chi connectivity index (χ1) is 9.61. The summed E-state index contributed by atoms with van der Waals surface area (Å²) in [6.07, 6.45) is 6.81. The second-order valence-electron chi connectivity index (χ2n) is 7.61. The third-order valence-electron chi connectivity index (χ3n) is 5.47. The van der Waals surface area contributed by atoms with E-state index in [1.807, 2.05) is 0 Å². The van der Waals surface area contributed by atoms with E-state index < -0.39 is 0 Å². The molecule has 3 aliphatic rings. The summed E-state index contributed by atoms with van der Waals surface area (Å²) >= 11 is 0. The Bertz CT molecular complexity index is 522. The molecule has 2 fully saturated rings. The highest BCUT2D eigenvalue weighted by Gasteiger charge is 2.39. The minimum absolute atomic E-state index is 0.0368. The van der Waals surface area contributed by atoms with Crippen molar-refractivity contribution in [3.63, 3.8) is 0 Å². The first-order valence-corrected chi connectivity index (χ1v) is 8.14. The van der Waals surface area contributed by atoms with E-state index in [4.69, 9.17) is 4.74 Å². The van der Waals surface area contributed by atoms with E-state index >= 15 is 0 Å². The first kappa shape index (κ1) is 12.7. The SMILES string of the molecule is CC1(C)Cc2cccc(CNC3CC4CCC3C4)c2O1. The van der Waals surface area contributed by atoms with Gasteiger partial charge in [-0.25, -0.2) is 0 Å². The van der Waals surface area contributed by atoms with Crippen molar-refractivity contribution in [2.24, 2.45) is 11.8 Å². The normalized spacial score (nSPS) is 33.2. The van der Waals surface area contributed by atoms with Crippen LogP contribution in [0.15, 0.2) is 18.2 Å². The molecule has 1 N–H and O–H groups in total. The Morgan fingerprint density at radius 3 is 2.90 bits per heavy atom. The zero-order valence-electron chi connectivity index (χ0n) is 12.6. The van der Waals surface area contributed by atoms with E-state index in [2.05, 4.69) is 37.4 Å². The number of nitrogens with one attached hydrogen (secondary N) is 1. The van der Waals surface area contributed by atoms with Crippen LogP contribution in [0.3, 0.4) is 0 Å². The molecule has 3 atom stereocenters. The van der Waals surface area contributed by atoms with Crippen LogP contribution in [-0.4, -0.2) is 11.6 Å². The van der Waals surface area contributed by atoms with Gasteiger partial charge in [0, 0.05) is 24.6 Å². The van der Waals surface area contributed by atoms with Gasteiger partial charge in [0.15, 0.2) is 0 Å². The van der Waals surface area contributed by atoms with E-state index in [0.717, 1.165) is 36.6 Å². The minimum atomic E-state index is -0.0368. The topological polar surface area (TPSA) is 21.3 Å². The third kappa shape index (κ3) is 2.14. The van der Waals surface area contributed by atoms with Gasteiger partial charge in [-0.1, -0.05) is 24.6 Å². The molecule has 2 bridgehead atoms. The minimum Gasteiger partial charge on any atom is -0.487 e. The Labute approximate surface area is 121 Å². The maximum absolute atomic E-state index is 6.16. The zero-order chi connectivity index (χ0) is 13.7. The lowest BCUT2D eigenvalue weighted by Gasteiger charge is -2.24. The Hall–Kier alpha value is -1.02. The number of rotatable bonds is 3. The van der Waals surface area contributed by atoms with Gasteiger partial charge in [0.05, 0.1) is 0 Å². The van der Waals surface area contributed by atoms with Gasteiger partial charge in [-0.05, 0) is 50.5 Å². The molecule has 0 spiro atoms. The lowest BCUT2D eigenvalue weighted by Crippen LogP contribution is -2.33. The molecule has 0 saturated heterocycles. The number of para-hydroxylation sites is 1. The summed E-state index contributed by atoms with van der Waals surface area (Å²) < 4.78 is 6.16. The van der Waals surface area contributed by atoms with Crippen LogP contribution in [0.2, 0.25) is 0 Å². The third-order valence-corrected chi connectivity index (χ3v) is 5.47. The summed E-state index contributed by atoms with van der Waals surface area (Å²) in [5.41, 5.74) is 2.68. The van der Waals surface area contributed by atoms with E-state index in [1.165, 1.54) is 36.8 Å². The molecule has 0 radical (unpaired) electrons. The van der Waals surface area contributed by atoms with Crippen LogP contribution in [0.4, 0.5) is 0 Å². The summed E-state index contributed by atoms with van der Waals surface area (Å²) in [4.78, 5) is 0. The van der Waals surface area contributed by atoms with Crippen LogP contribution >= 0.6 is 0 Å². The molecule has 108 valence electrons. The zero-order valence-corrected chi connectivity index (χ0v) is 12.6. The van der Waals surface area contributed by atoms with Crippen molar-refractivity contribution >= 4 is 0 Å². The van der Waals surface area contributed by atoms with Crippen LogP contribution in [-0.2, 0) is 13.0 Å². The smallest absolute Gasteiger partial charge is 0.127 e. The molecule has 1 aromatic carbocycles. The van der Waals surface area contributed by atoms with Crippen LogP contribution in [0.1, 0.15) is 50.7 Å². The molecule has 2 aliphatic carbocycles. The van der Waals surface area contributed by atoms with Crippen molar-refractivity contribution in [1.29, 1.82) is 0 Å². The highest BCUT2D eigenvalue weighted by atomic mass is 16.5. The van der Waals surface area contributed by atoms with Crippen LogP contribution in [0.25, 0.3) is 0 Å². The molecule has 0 aromatic heterocycles. The van der Waals surface area contributed by atoms with E-state index in [1.54, 1.807) is 0 Å². The number of hydrogen-bond acceptors (Lipinski definition) is 2. The van der Waals surface area contributed by atoms with Crippen LogP contribution in [0.5, 0.6) is 5.75 Å². The molecule has 4 rings (SSSR count). The predicted octanol–water partition coefficient (Wildman–Crippen LogP) is 3.68. The van der Waals surface area contributed by atoms with Gasteiger partial charge in [-0.3, -0.25) is 0 Å². The Morgan fingerprint density at radius 2 is 2.15 bits per heavy atom. The maximum Gasteiger partial charge on any atom is 0.127 e. The van der Waals surface area contributed by atoms with Crippen LogP contribution in [0, 0.1) is 11.8 Å². The van der Waals surface area contributed by atoms with Gasteiger partial charge in [0.1, 0.15) is 11.4 Å². The lowest BCUT2D eigenvalue weighted by atomic mass is 9.95. The molecule has 2 heteroatoms. The van der Waals surface area contributed by atoms with Gasteiger partial charge in [-0.2, -0.15) is 0 Å². The molecule has 1 aromatic rings. The van der Waals surface area contributed by atoms with Gasteiger partial charge in [0.25, 0.3) is 0 Å². The van der Waals surface area contributed by atoms with Gasteiger partial charge >= 0.3 is 0 Å². The van der Waals surface area contributed by atoms with Gasteiger partial charge in [-0.15, -0.1) is 0 Å². The molecular formula is C18H25NO. The second kappa shape index (κ2) is 4.49. The predicted molar refractivity (Wildman–Crippen MR) is 80.9 cm³/mol. The van der Waals surface area contributed by atoms with Crippen molar-refractivity contribution < 1.29 is 4.74 Å². The highest BCUT2D eigenvalue weighted by molar-refractivity contribution is 5.45. The number of ether oxygens (including phenoxy) is 1. The van der Waals surface area contributed by atoms with E-state index in [-0.39, 0.29) is 5.60 Å². The summed E-state index contributed by atoms with van der Waals surface area (Å²) in [5, 5.41) is 3.81. The largest absolute Gasteiger partial charge is 0.487 e. The molecule has 1 aliphatic heterocycles. The summed E-state index contributed by atoms with van der Waals surface area (Å²) in [6.45, 7) is 5.33. The number of benzene rings is 1. The quantitative estimate of drug-likeness (QED) is 0.905. The van der Waals surface area contributed by atoms with Crippen molar-refractivity contribution in [3.8, 4) is 5.75 Å². The molecule has 2 nitrogen and oxygen atoms in total. The van der Waals surface area contributed by atoms with Crippen molar-refractivity contribution in [2.75, 3.05) is 0 Å². The average Bonchev–Trinajstić information content (AvgIpc) is 3.07. The standard InChI is InChI=1S/C18H25NO/c1-18(2)10-14-4-3-5-15(17(14)20-18)11-19-16-9-12-6-7-13(16)8-12/h3-5,12-13,16,19H,6-11H2,1-2H3. The average molecular weight is 271 g/mol.